The first-order valence-electron chi connectivity index (χ1n) is 5.58. The van der Waals surface area contributed by atoms with Crippen LogP contribution in [-0.2, 0) is 0 Å². The zero-order valence-electron chi connectivity index (χ0n) is 9.64. The third kappa shape index (κ3) is 2.27. The van der Waals surface area contributed by atoms with E-state index in [0.29, 0.717) is 12.1 Å². The van der Waals surface area contributed by atoms with Crippen molar-refractivity contribution >= 4 is 0 Å². The summed E-state index contributed by atoms with van der Waals surface area (Å²) in [6, 6.07) is 0.963. The minimum Gasteiger partial charge on any atom is -0.390 e. The van der Waals surface area contributed by atoms with Gasteiger partial charge in [-0.3, -0.25) is 4.90 Å². The molecule has 0 aromatic rings. The molecular formula is C11H23NO2. The van der Waals surface area contributed by atoms with Crippen molar-refractivity contribution in [3.8, 4) is 0 Å². The fraction of sp³-hybridized carbons (Fsp3) is 1.00. The van der Waals surface area contributed by atoms with E-state index in [9.17, 15) is 10.2 Å². The Hall–Kier alpha value is -0.120. The lowest BCUT2D eigenvalue weighted by Gasteiger charge is -2.38. The van der Waals surface area contributed by atoms with Crippen LogP contribution in [0.5, 0.6) is 0 Å². The molecule has 84 valence electrons. The second-order valence-corrected chi connectivity index (χ2v) is 4.84. The highest BCUT2D eigenvalue weighted by molar-refractivity contribution is 4.93. The molecule has 14 heavy (non-hydrogen) atoms. The van der Waals surface area contributed by atoms with Crippen LogP contribution in [0.1, 0.15) is 40.5 Å². The Morgan fingerprint density at radius 2 is 1.50 bits per heavy atom. The third-order valence-electron chi connectivity index (χ3n) is 3.12. The number of aliphatic hydroxyl groups excluding tert-OH is 2. The fourth-order valence-electron chi connectivity index (χ4n) is 2.63. The van der Waals surface area contributed by atoms with Crippen LogP contribution in [0.3, 0.4) is 0 Å². The van der Waals surface area contributed by atoms with E-state index in [1.807, 2.05) is 0 Å². The molecule has 0 spiro atoms. The van der Waals surface area contributed by atoms with Crippen molar-refractivity contribution < 1.29 is 10.2 Å². The normalized spacial score (nSPS) is 33.6. The van der Waals surface area contributed by atoms with Gasteiger partial charge in [0, 0.05) is 18.1 Å². The Bertz CT molecular complexity index is 174. The fourth-order valence-corrected chi connectivity index (χ4v) is 2.63. The van der Waals surface area contributed by atoms with Crippen LogP contribution in [0.4, 0.5) is 0 Å². The van der Waals surface area contributed by atoms with Gasteiger partial charge in [-0.15, -0.1) is 0 Å². The summed E-state index contributed by atoms with van der Waals surface area (Å²) in [5.74, 6) is 0. The maximum absolute atomic E-state index is 9.83. The van der Waals surface area contributed by atoms with E-state index < -0.39 is 12.2 Å². The predicted molar refractivity (Wildman–Crippen MR) is 57.1 cm³/mol. The summed E-state index contributed by atoms with van der Waals surface area (Å²) in [5.41, 5.74) is 0. The Kier molecular flexibility index (Phi) is 3.93. The van der Waals surface area contributed by atoms with E-state index in [4.69, 9.17) is 0 Å². The standard InChI is InChI=1S/C11H23NO2/c1-7(2)12(8(3)4)9-5-6-10(13)11(9)14/h7-11,13-14H,5-6H2,1-4H3. The first-order valence-corrected chi connectivity index (χ1v) is 5.58. The van der Waals surface area contributed by atoms with Gasteiger partial charge in [-0.1, -0.05) is 0 Å². The summed E-state index contributed by atoms with van der Waals surface area (Å²) >= 11 is 0. The second kappa shape index (κ2) is 4.60. The Labute approximate surface area is 86.7 Å². The molecule has 1 aliphatic carbocycles. The molecule has 0 aromatic carbocycles. The summed E-state index contributed by atoms with van der Waals surface area (Å²) in [4.78, 5) is 2.29. The Morgan fingerprint density at radius 1 is 1.00 bits per heavy atom. The highest BCUT2D eigenvalue weighted by Crippen LogP contribution is 2.27. The van der Waals surface area contributed by atoms with Crippen LogP contribution in [-0.4, -0.2) is 45.4 Å². The molecule has 0 radical (unpaired) electrons. The highest BCUT2D eigenvalue weighted by atomic mass is 16.3. The number of hydrogen-bond donors (Lipinski definition) is 2. The summed E-state index contributed by atoms with van der Waals surface area (Å²) in [7, 11) is 0. The minimum absolute atomic E-state index is 0.130. The summed E-state index contributed by atoms with van der Waals surface area (Å²) in [5, 5.41) is 19.3. The highest BCUT2D eigenvalue weighted by Gasteiger charge is 2.38. The maximum Gasteiger partial charge on any atom is 0.0953 e. The number of aliphatic hydroxyl groups is 2. The lowest BCUT2D eigenvalue weighted by molar-refractivity contribution is -0.0190. The van der Waals surface area contributed by atoms with Crippen molar-refractivity contribution in [3.05, 3.63) is 0 Å². The van der Waals surface area contributed by atoms with E-state index in [-0.39, 0.29) is 6.04 Å². The number of hydrogen-bond acceptors (Lipinski definition) is 3. The molecule has 0 aromatic heterocycles. The van der Waals surface area contributed by atoms with E-state index in [0.717, 1.165) is 12.8 Å². The quantitative estimate of drug-likeness (QED) is 0.715. The molecule has 2 N–H and O–H groups in total. The molecule has 0 heterocycles. The number of rotatable bonds is 3. The number of nitrogens with zero attached hydrogens (tertiary/aromatic N) is 1. The minimum atomic E-state index is -0.570. The van der Waals surface area contributed by atoms with E-state index in [1.165, 1.54) is 0 Å². The van der Waals surface area contributed by atoms with Gasteiger partial charge in [0.1, 0.15) is 0 Å². The molecular weight excluding hydrogens is 178 g/mol. The van der Waals surface area contributed by atoms with Gasteiger partial charge in [0.15, 0.2) is 0 Å². The summed E-state index contributed by atoms with van der Waals surface area (Å²) in [6.45, 7) is 8.55. The average molecular weight is 201 g/mol. The Morgan fingerprint density at radius 3 is 1.79 bits per heavy atom. The van der Waals surface area contributed by atoms with Gasteiger partial charge in [0.05, 0.1) is 12.2 Å². The van der Waals surface area contributed by atoms with E-state index in [2.05, 4.69) is 32.6 Å². The van der Waals surface area contributed by atoms with Crippen LogP contribution < -0.4 is 0 Å². The third-order valence-corrected chi connectivity index (χ3v) is 3.12. The van der Waals surface area contributed by atoms with E-state index >= 15 is 0 Å². The smallest absolute Gasteiger partial charge is 0.0953 e. The van der Waals surface area contributed by atoms with Crippen molar-refractivity contribution in [2.75, 3.05) is 0 Å². The lowest BCUT2D eigenvalue weighted by Crippen LogP contribution is -2.50. The first-order chi connectivity index (χ1) is 6.45. The average Bonchev–Trinajstić information content (AvgIpc) is 2.35. The molecule has 0 aliphatic heterocycles. The van der Waals surface area contributed by atoms with Crippen molar-refractivity contribution in [1.29, 1.82) is 0 Å². The molecule has 3 nitrogen and oxygen atoms in total. The van der Waals surface area contributed by atoms with Gasteiger partial charge in [-0.05, 0) is 40.5 Å². The predicted octanol–water partition coefficient (Wildman–Crippen LogP) is 0.989. The monoisotopic (exact) mass is 201 g/mol. The lowest BCUT2D eigenvalue weighted by atomic mass is 10.1. The van der Waals surface area contributed by atoms with E-state index in [1.54, 1.807) is 0 Å². The van der Waals surface area contributed by atoms with Crippen molar-refractivity contribution in [3.63, 3.8) is 0 Å². The molecule has 1 rings (SSSR count). The molecule has 0 saturated heterocycles. The van der Waals surface area contributed by atoms with Crippen LogP contribution in [0.2, 0.25) is 0 Å². The van der Waals surface area contributed by atoms with Gasteiger partial charge >= 0.3 is 0 Å². The van der Waals surface area contributed by atoms with Crippen LogP contribution in [0, 0.1) is 0 Å². The molecule has 1 aliphatic rings. The maximum atomic E-state index is 9.83. The molecule has 3 heteroatoms. The second-order valence-electron chi connectivity index (χ2n) is 4.84. The SMILES string of the molecule is CC(C)N(C(C)C)C1CCC(O)C1O. The van der Waals surface area contributed by atoms with Gasteiger partial charge in [0.25, 0.3) is 0 Å². The van der Waals surface area contributed by atoms with Crippen LogP contribution >= 0.6 is 0 Å². The van der Waals surface area contributed by atoms with Crippen molar-refractivity contribution in [2.24, 2.45) is 0 Å². The molecule has 0 bridgehead atoms. The van der Waals surface area contributed by atoms with Gasteiger partial charge in [-0.2, -0.15) is 0 Å². The summed E-state index contributed by atoms with van der Waals surface area (Å²) in [6.07, 6.45) is 0.528. The Balaban J connectivity index is 2.69. The largest absolute Gasteiger partial charge is 0.390 e. The molecule has 0 amide bonds. The molecule has 3 unspecified atom stereocenters. The topological polar surface area (TPSA) is 43.7 Å². The van der Waals surface area contributed by atoms with Crippen molar-refractivity contribution in [2.45, 2.75) is 70.9 Å². The van der Waals surface area contributed by atoms with Gasteiger partial charge in [0.2, 0.25) is 0 Å². The first kappa shape index (κ1) is 12.0. The van der Waals surface area contributed by atoms with Gasteiger partial charge < -0.3 is 10.2 Å². The molecule has 3 atom stereocenters. The molecule has 1 saturated carbocycles. The van der Waals surface area contributed by atoms with Gasteiger partial charge in [-0.25, -0.2) is 0 Å². The molecule has 1 fully saturated rings. The zero-order valence-corrected chi connectivity index (χ0v) is 9.64. The van der Waals surface area contributed by atoms with Crippen LogP contribution in [0.15, 0.2) is 0 Å². The zero-order chi connectivity index (χ0) is 10.9. The van der Waals surface area contributed by atoms with Crippen LogP contribution in [0.25, 0.3) is 0 Å². The van der Waals surface area contributed by atoms with Crippen molar-refractivity contribution in [1.82, 2.24) is 4.90 Å². The summed E-state index contributed by atoms with van der Waals surface area (Å²) < 4.78 is 0.